The molecule has 0 aromatic rings. The van der Waals surface area contributed by atoms with Crippen LogP contribution in [0.15, 0.2) is 0 Å². The van der Waals surface area contributed by atoms with Gasteiger partial charge >= 0.3 is 0 Å². The van der Waals surface area contributed by atoms with Crippen molar-refractivity contribution in [3.8, 4) is 0 Å². The highest BCUT2D eigenvalue weighted by molar-refractivity contribution is 6.74. The van der Waals surface area contributed by atoms with Crippen molar-refractivity contribution in [3.63, 3.8) is 0 Å². The second-order valence-corrected chi connectivity index (χ2v) is 10.6. The summed E-state index contributed by atoms with van der Waals surface area (Å²) in [6, 6.07) is 0. The van der Waals surface area contributed by atoms with E-state index in [1.54, 1.807) is 0 Å². The molecule has 0 aromatic carbocycles. The van der Waals surface area contributed by atoms with Crippen molar-refractivity contribution >= 4 is 14.1 Å². The molecule has 3 heteroatoms. The first-order chi connectivity index (χ1) is 6.62. The molecule has 90 valence electrons. The van der Waals surface area contributed by atoms with Crippen molar-refractivity contribution in [2.45, 2.75) is 59.2 Å². The Kier molecular flexibility index (Phi) is 5.20. The smallest absolute Gasteiger partial charge is 0.192 e. The maximum atomic E-state index is 11.4. The Balaban J connectivity index is 4.22. The van der Waals surface area contributed by atoms with Gasteiger partial charge < -0.3 is 4.43 Å². The van der Waals surface area contributed by atoms with Gasteiger partial charge in [-0.05, 0) is 18.1 Å². The Bertz CT molecular complexity index is 216. The number of rotatable bonds is 5. The van der Waals surface area contributed by atoms with Crippen molar-refractivity contribution in [1.82, 2.24) is 0 Å². The summed E-state index contributed by atoms with van der Waals surface area (Å²) in [4.78, 5) is 11.4. The molecule has 0 spiro atoms. The number of hydrogen-bond acceptors (Lipinski definition) is 2. The average Bonchev–Trinajstić information content (AvgIpc) is 2.11. The molecular formula is C12H26O2Si. The summed E-state index contributed by atoms with van der Waals surface area (Å²) in [7, 11) is -1.68. The molecule has 0 aliphatic rings. The molecule has 15 heavy (non-hydrogen) atoms. The van der Waals surface area contributed by atoms with E-state index in [4.69, 9.17) is 4.43 Å². The zero-order valence-corrected chi connectivity index (χ0v) is 12.3. The Morgan fingerprint density at radius 1 is 1.33 bits per heavy atom. The molecule has 2 nitrogen and oxygen atoms in total. The Morgan fingerprint density at radius 2 is 1.80 bits per heavy atom. The number of hydrogen-bond donors (Lipinski definition) is 0. The molecule has 0 N–H and O–H groups in total. The second kappa shape index (κ2) is 5.26. The monoisotopic (exact) mass is 230 g/mol. The first-order valence-electron chi connectivity index (χ1n) is 5.78. The molecule has 0 aliphatic heterocycles. The highest BCUT2D eigenvalue weighted by Crippen LogP contribution is 2.36. The van der Waals surface area contributed by atoms with E-state index < -0.39 is 8.32 Å². The van der Waals surface area contributed by atoms with Gasteiger partial charge in [0, 0.05) is 18.9 Å². The van der Waals surface area contributed by atoms with Crippen LogP contribution >= 0.6 is 0 Å². The topological polar surface area (TPSA) is 26.3 Å². The highest BCUT2D eigenvalue weighted by atomic mass is 28.4. The van der Waals surface area contributed by atoms with Crippen LogP contribution in [0.25, 0.3) is 0 Å². The number of carbonyl (C=O) groups is 1. The first-order valence-corrected chi connectivity index (χ1v) is 8.69. The van der Waals surface area contributed by atoms with Gasteiger partial charge in [-0.3, -0.25) is 4.79 Å². The van der Waals surface area contributed by atoms with Crippen molar-refractivity contribution in [3.05, 3.63) is 0 Å². The number of carbonyl (C=O) groups excluding carboxylic acids is 1. The molecule has 0 aromatic heterocycles. The molecule has 0 saturated carbocycles. The highest BCUT2D eigenvalue weighted by Gasteiger charge is 2.37. The van der Waals surface area contributed by atoms with Gasteiger partial charge in [0.2, 0.25) is 0 Å². The van der Waals surface area contributed by atoms with Gasteiger partial charge in [-0.1, -0.05) is 34.6 Å². The van der Waals surface area contributed by atoms with Gasteiger partial charge in [0.1, 0.15) is 5.78 Å². The van der Waals surface area contributed by atoms with E-state index in [1.165, 1.54) is 0 Å². The fourth-order valence-electron chi connectivity index (χ4n) is 0.991. The van der Waals surface area contributed by atoms with Gasteiger partial charge in [-0.25, -0.2) is 0 Å². The lowest BCUT2D eigenvalue weighted by molar-refractivity contribution is -0.122. The molecule has 0 heterocycles. The van der Waals surface area contributed by atoms with Gasteiger partial charge in [0.25, 0.3) is 0 Å². The Hall–Kier alpha value is -0.153. The standard InChI is InChI=1S/C12H26O2Si/c1-8-11(13)10(2)9-14-15(6,7)12(3,4)5/h10H,8-9H2,1-7H3/t10-/m1/s1. The number of ketones is 1. The van der Waals surface area contributed by atoms with Crippen LogP contribution in [0.2, 0.25) is 18.1 Å². The van der Waals surface area contributed by atoms with Gasteiger partial charge in [-0.15, -0.1) is 0 Å². The summed E-state index contributed by atoms with van der Waals surface area (Å²) in [6.07, 6.45) is 0.613. The molecule has 1 atom stereocenters. The Labute approximate surface area is 95.5 Å². The van der Waals surface area contributed by atoms with E-state index in [0.29, 0.717) is 18.8 Å². The van der Waals surface area contributed by atoms with Crippen molar-refractivity contribution in [1.29, 1.82) is 0 Å². The lowest BCUT2D eigenvalue weighted by atomic mass is 10.1. The summed E-state index contributed by atoms with van der Waals surface area (Å²) in [6.45, 7) is 15.5. The van der Waals surface area contributed by atoms with Crippen LogP contribution in [0.4, 0.5) is 0 Å². The minimum atomic E-state index is -1.68. The predicted molar refractivity (Wildman–Crippen MR) is 67.6 cm³/mol. The van der Waals surface area contributed by atoms with E-state index in [1.807, 2.05) is 13.8 Å². The van der Waals surface area contributed by atoms with Gasteiger partial charge in [0.15, 0.2) is 8.32 Å². The van der Waals surface area contributed by atoms with Gasteiger partial charge in [-0.2, -0.15) is 0 Å². The minimum Gasteiger partial charge on any atom is -0.416 e. The summed E-state index contributed by atoms with van der Waals surface area (Å²) in [5, 5.41) is 0.224. The minimum absolute atomic E-state index is 0.0455. The van der Waals surface area contributed by atoms with E-state index in [-0.39, 0.29) is 11.0 Å². The van der Waals surface area contributed by atoms with E-state index in [0.717, 1.165) is 0 Å². The fraction of sp³-hybridized carbons (Fsp3) is 0.917. The van der Waals surface area contributed by atoms with Crippen molar-refractivity contribution in [2.75, 3.05) is 6.61 Å². The quantitative estimate of drug-likeness (QED) is 0.674. The molecule has 0 fully saturated rings. The predicted octanol–water partition coefficient (Wildman–Crippen LogP) is 3.62. The van der Waals surface area contributed by atoms with Crippen LogP contribution in [0.5, 0.6) is 0 Å². The Morgan fingerprint density at radius 3 is 2.13 bits per heavy atom. The average molecular weight is 230 g/mol. The van der Waals surface area contributed by atoms with Crippen LogP contribution in [-0.4, -0.2) is 20.7 Å². The first kappa shape index (κ1) is 14.8. The third-order valence-corrected chi connectivity index (χ3v) is 7.90. The molecule has 0 amide bonds. The summed E-state index contributed by atoms with van der Waals surface area (Å²) < 4.78 is 6.00. The summed E-state index contributed by atoms with van der Waals surface area (Å²) >= 11 is 0. The maximum Gasteiger partial charge on any atom is 0.192 e. The zero-order chi connectivity index (χ0) is 12.3. The van der Waals surface area contributed by atoms with Crippen molar-refractivity contribution in [2.24, 2.45) is 5.92 Å². The SMILES string of the molecule is CCC(=O)[C@H](C)CO[Si](C)(C)C(C)(C)C. The van der Waals surface area contributed by atoms with Crippen LogP contribution in [-0.2, 0) is 9.22 Å². The third-order valence-electron chi connectivity index (χ3n) is 3.40. The largest absolute Gasteiger partial charge is 0.416 e. The molecular weight excluding hydrogens is 204 g/mol. The lowest BCUT2D eigenvalue weighted by Gasteiger charge is -2.36. The number of Topliss-reactive ketones (excluding diaryl/α,β-unsaturated/α-hetero) is 1. The van der Waals surface area contributed by atoms with Crippen LogP contribution < -0.4 is 0 Å². The van der Waals surface area contributed by atoms with Crippen LogP contribution in [0, 0.1) is 5.92 Å². The third kappa shape index (κ3) is 4.47. The summed E-state index contributed by atoms with van der Waals surface area (Å²) in [5.74, 6) is 0.345. The van der Waals surface area contributed by atoms with E-state index >= 15 is 0 Å². The molecule has 0 saturated heterocycles. The maximum absolute atomic E-state index is 11.4. The fourth-order valence-corrected chi connectivity index (χ4v) is 2.09. The van der Waals surface area contributed by atoms with Crippen LogP contribution in [0.3, 0.4) is 0 Å². The van der Waals surface area contributed by atoms with Crippen LogP contribution in [0.1, 0.15) is 41.0 Å². The normalized spacial score (nSPS) is 15.1. The second-order valence-electron chi connectivity index (χ2n) is 5.79. The molecule has 0 radical (unpaired) electrons. The summed E-state index contributed by atoms with van der Waals surface area (Å²) in [5.41, 5.74) is 0. The molecule has 0 aliphatic carbocycles. The van der Waals surface area contributed by atoms with E-state index in [9.17, 15) is 4.79 Å². The zero-order valence-electron chi connectivity index (χ0n) is 11.3. The molecule has 0 unspecified atom stereocenters. The lowest BCUT2D eigenvalue weighted by Crippen LogP contribution is -2.42. The molecule has 0 rings (SSSR count). The molecule has 0 bridgehead atoms. The van der Waals surface area contributed by atoms with Crippen molar-refractivity contribution < 1.29 is 9.22 Å². The van der Waals surface area contributed by atoms with E-state index in [2.05, 4.69) is 33.9 Å². The van der Waals surface area contributed by atoms with Gasteiger partial charge in [0.05, 0.1) is 0 Å².